The number of nitrogens with one attached hydrogen (secondary N) is 1. The molecule has 0 heterocycles. The molecule has 0 aliphatic rings. The maximum Gasteiger partial charge on any atom is 0.310 e. The normalized spacial score (nSPS) is 11.7. The Bertz CT molecular complexity index is 362. The molecule has 0 bridgehead atoms. The molecule has 4 heteroatoms. The summed E-state index contributed by atoms with van der Waals surface area (Å²) in [7, 11) is 0. The minimum Gasteiger partial charge on any atom is -0.494 e. The average Bonchev–Trinajstić information content (AvgIpc) is 2.38. The summed E-state index contributed by atoms with van der Waals surface area (Å²) >= 11 is 0. The lowest BCUT2D eigenvalue weighted by Gasteiger charge is -2.12. The highest BCUT2D eigenvalue weighted by Gasteiger charge is 2.13. The second-order valence-corrected chi connectivity index (χ2v) is 3.99. The van der Waals surface area contributed by atoms with Gasteiger partial charge in [-0.2, -0.15) is 0 Å². The van der Waals surface area contributed by atoms with Gasteiger partial charge in [0, 0.05) is 12.2 Å². The van der Waals surface area contributed by atoms with Crippen LogP contribution in [0.5, 0.6) is 5.75 Å². The van der Waals surface area contributed by atoms with Crippen LogP contribution in [0.4, 0.5) is 5.69 Å². The summed E-state index contributed by atoms with van der Waals surface area (Å²) in [6, 6.07) is 7.67. The van der Waals surface area contributed by atoms with E-state index in [1.54, 1.807) is 0 Å². The van der Waals surface area contributed by atoms with Crippen molar-refractivity contribution in [2.45, 2.75) is 20.8 Å². The molecule has 0 aliphatic carbocycles. The molecule has 1 N–H and O–H groups in total. The van der Waals surface area contributed by atoms with Crippen molar-refractivity contribution in [3.05, 3.63) is 24.3 Å². The van der Waals surface area contributed by atoms with Crippen LogP contribution in [0, 0.1) is 5.92 Å². The van der Waals surface area contributed by atoms with Crippen LogP contribution in [0.2, 0.25) is 0 Å². The standard InChI is InChI=1S/C14H21NO3/c1-4-17-13-8-6-12(7-9-13)15-10-11(3)14(16)18-5-2/h6-9,11,15H,4-5,10H2,1-3H3. The van der Waals surface area contributed by atoms with Crippen molar-refractivity contribution >= 4 is 11.7 Å². The molecule has 100 valence electrons. The second-order valence-electron chi connectivity index (χ2n) is 3.99. The molecular formula is C14H21NO3. The molecule has 0 fully saturated rings. The molecule has 0 aromatic heterocycles. The molecular weight excluding hydrogens is 230 g/mol. The number of ether oxygens (including phenoxy) is 2. The largest absolute Gasteiger partial charge is 0.494 e. The molecule has 0 spiro atoms. The smallest absolute Gasteiger partial charge is 0.310 e. The Kier molecular flexibility index (Phi) is 6.05. The molecule has 1 unspecified atom stereocenters. The van der Waals surface area contributed by atoms with Crippen molar-refractivity contribution in [3.63, 3.8) is 0 Å². The van der Waals surface area contributed by atoms with E-state index in [-0.39, 0.29) is 11.9 Å². The first-order valence-corrected chi connectivity index (χ1v) is 6.30. The number of carbonyl (C=O) groups excluding carboxylic acids is 1. The van der Waals surface area contributed by atoms with E-state index in [1.165, 1.54) is 0 Å². The fourth-order valence-corrected chi connectivity index (χ4v) is 1.47. The van der Waals surface area contributed by atoms with Crippen LogP contribution in [0.3, 0.4) is 0 Å². The van der Waals surface area contributed by atoms with E-state index in [2.05, 4.69) is 5.32 Å². The van der Waals surface area contributed by atoms with E-state index >= 15 is 0 Å². The van der Waals surface area contributed by atoms with E-state index in [0.29, 0.717) is 19.8 Å². The summed E-state index contributed by atoms with van der Waals surface area (Å²) in [5.41, 5.74) is 0.967. The van der Waals surface area contributed by atoms with Crippen molar-refractivity contribution in [1.29, 1.82) is 0 Å². The number of carbonyl (C=O) groups is 1. The SMILES string of the molecule is CCOC(=O)C(C)CNc1ccc(OCC)cc1. The molecule has 0 saturated heterocycles. The fourth-order valence-electron chi connectivity index (χ4n) is 1.47. The van der Waals surface area contributed by atoms with Crippen molar-refractivity contribution in [1.82, 2.24) is 0 Å². The van der Waals surface area contributed by atoms with Gasteiger partial charge in [-0.15, -0.1) is 0 Å². The first kappa shape index (κ1) is 14.4. The van der Waals surface area contributed by atoms with E-state index < -0.39 is 0 Å². The number of benzene rings is 1. The Hall–Kier alpha value is -1.71. The van der Waals surface area contributed by atoms with Gasteiger partial charge in [0.25, 0.3) is 0 Å². The molecule has 1 aromatic rings. The van der Waals surface area contributed by atoms with E-state index in [1.807, 2.05) is 45.0 Å². The van der Waals surface area contributed by atoms with Gasteiger partial charge < -0.3 is 14.8 Å². The van der Waals surface area contributed by atoms with Crippen LogP contribution in [-0.4, -0.2) is 25.7 Å². The predicted molar refractivity (Wildman–Crippen MR) is 71.9 cm³/mol. The van der Waals surface area contributed by atoms with Crippen molar-refractivity contribution < 1.29 is 14.3 Å². The predicted octanol–water partition coefficient (Wildman–Crippen LogP) is 2.70. The van der Waals surface area contributed by atoms with Gasteiger partial charge in [-0.05, 0) is 38.1 Å². The van der Waals surface area contributed by atoms with Crippen LogP contribution < -0.4 is 10.1 Å². The maximum absolute atomic E-state index is 11.4. The van der Waals surface area contributed by atoms with Gasteiger partial charge in [0.1, 0.15) is 5.75 Å². The van der Waals surface area contributed by atoms with E-state index in [9.17, 15) is 4.79 Å². The topological polar surface area (TPSA) is 47.6 Å². The van der Waals surface area contributed by atoms with E-state index in [0.717, 1.165) is 11.4 Å². The number of hydrogen-bond acceptors (Lipinski definition) is 4. The highest BCUT2D eigenvalue weighted by atomic mass is 16.5. The Morgan fingerprint density at radius 3 is 2.44 bits per heavy atom. The highest BCUT2D eigenvalue weighted by Crippen LogP contribution is 2.16. The van der Waals surface area contributed by atoms with Crippen LogP contribution in [-0.2, 0) is 9.53 Å². The number of hydrogen-bond donors (Lipinski definition) is 1. The minimum absolute atomic E-state index is 0.156. The Morgan fingerprint density at radius 1 is 1.22 bits per heavy atom. The molecule has 18 heavy (non-hydrogen) atoms. The van der Waals surface area contributed by atoms with Crippen molar-refractivity contribution in [3.8, 4) is 5.75 Å². The molecule has 1 aromatic carbocycles. The zero-order chi connectivity index (χ0) is 13.4. The molecule has 1 rings (SSSR count). The van der Waals surface area contributed by atoms with Crippen LogP contribution >= 0.6 is 0 Å². The van der Waals surface area contributed by atoms with Gasteiger partial charge in [-0.1, -0.05) is 6.92 Å². The number of rotatable bonds is 7. The van der Waals surface area contributed by atoms with Gasteiger partial charge in [-0.25, -0.2) is 0 Å². The second kappa shape index (κ2) is 7.58. The monoisotopic (exact) mass is 251 g/mol. The number of anilines is 1. The van der Waals surface area contributed by atoms with Crippen LogP contribution in [0.25, 0.3) is 0 Å². The van der Waals surface area contributed by atoms with E-state index in [4.69, 9.17) is 9.47 Å². The summed E-state index contributed by atoms with van der Waals surface area (Å²) in [6.45, 7) is 7.25. The Labute approximate surface area is 108 Å². The van der Waals surface area contributed by atoms with Gasteiger partial charge in [0.2, 0.25) is 0 Å². The molecule has 0 amide bonds. The summed E-state index contributed by atoms with van der Waals surface area (Å²) in [6.07, 6.45) is 0. The van der Waals surface area contributed by atoms with Crippen LogP contribution in [0.15, 0.2) is 24.3 Å². The third kappa shape index (κ3) is 4.65. The van der Waals surface area contributed by atoms with Gasteiger partial charge >= 0.3 is 5.97 Å². The lowest BCUT2D eigenvalue weighted by Crippen LogP contribution is -2.22. The molecule has 1 atom stereocenters. The first-order valence-electron chi connectivity index (χ1n) is 6.30. The zero-order valence-corrected chi connectivity index (χ0v) is 11.2. The minimum atomic E-state index is -0.170. The summed E-state index contributed by atoms with van der Waals surface area (Å²) in [5, 5.41) is 3.20. The van der Waals surface area contributed by atoms with Crippen molar-refractivity contribution in [2.24, 2.45) is 5.92 Å². The molecule has 0 aliphatic heterocycles. The summed E-state index contributed by atoms with van der Waals surface area (Å²) in [5.74, 6) is 0.522. The number of esters is 1. The summed E-state index contributed by atoms with van der Waals surface area (Å²) in [4.78, 5) is 11.4. The Morgan fingerprint density at radius 2 is 1.89 bits per heavy atom. The molecule has 4 nitrogen and oxygen atoms in total. The molecule has 0 saturated carbocycles. The van der Waals surface area contributed by atoms with Gasteiger partial charge in [0.15, 0.2) is 0 Å². The zero-order valence-electron chi connectivity index (χ0n) is 11.2. The lowest BCUT2D eigenvalue weighted by molar-refractivity contribution is -0.146. The van der Waals surface area contributed by atoms with Gasteiger partial charge in [-0.3, -0.25) is 4.79 Å². The van der Waals surface area contributed by atoms with Crippen LogP contribution in [0.1, 0.15) is 20.8 Å². The molecule has 0 radical (unpaired) electrons. The highest BCUT2D eigenvalue weighted by molar-refractivity contribution is 5.72. The average molecular weight is 251 g/mol. The first-order chi connectivity index (χ1) is 8.67. The van der Waals surface area contributed by atoms with Gasteiger partial charge in [0.05, 0.1) is 19.1 Å². The fraction of sp³-hybridized carbons (Fsp3) is 0.500. The Balaban J connectivity index is 2.41. The lowest BCUT2D eigenvalue weighted by atomic mass is 10.2. The third-order valence-corrected chi connectivity index (χ3v) is 2.47. The third-order valence-electron chi connectivity index (χ3n) is 2.47. The maximum atomic E-state index is 11.4. The summed E-state index contributed by atoms with van der Waals surface area (Å²) < 4.78 is 10.3. The quantitative estimate of drug-likeness (QED) is 0.757. The van der Waals surface area contributed by atoms with Crippen molar-refractivity contribution in [2.75, 3.05) is 25.1 Å².